The number of benzene rings is 1. The highest BCUT2D eigenvalue weighted by Crippen LogP contribution is 2.17. The first-order chi connectivity index (χ1) is 9.28. The highest BCUT2D eigenvalue weighted by atomic mass is 15.1. The maximum Gasteiger partial charge on any atom is 0.182 e. The van der Waals surface area contributed by atoms with E-state index >= 15 is 0 Å². The summed E-state index contributed by atoms with van der Waals surface area (Å²) >= 11 is 0. The van der Waals surface area contributed by atoms with Gasteiger partial charge in [-0.15, -0.1) is 0 Å². The number of fused-ring (bicyclic) bond motifs is 1. The van der Waals surface area contributed by atoms with Crippen molar-refractivity contribution in [2.45, 2.75) is 6.54 Å². The normalized spacial score (nSPS) is 10.7. The molecule has 0 bridgehead atoms. The molecule has 0 saturated carbocycles. The van der Waals surface area contributed by atoms with Crippen molar-refractivity contribution < 1.29 is 0 Å². The van der Waals surface area contributed by atoms with E-state index in [-0.39, 0.29) is 0 Å². The molecule has 0 unspecified atom stereocenters. The van der Waals surface area contributed by atoms with Crippen LogP contribution in [0.5, 0.6) is 0 Å². The number of hydrogen-bond acceptors (Lipinski definition) is 4. The molecule has 2 heterocycles. The third-order valence-corrected chi connectivity index (χ3v) is 3.01. The predicted octanol–water partition coefficient (Wildman–Crippen LogP) is 2.10. The van der Waals surface area contributed by atoms with Crippen molar-refractivity contribution in [3.63, 3.8) is 0 Å². The Balaban J connectivity index is 1.98. The molecule has 0 fully saturated rings. The number of anilines is 1. The van der Waals surface area contributed by atoms with Crippen LogP contribution in [0, 0.1) is 0 Å². The van der Waals surface area contributed by atoms with E-state index in [0.29, 0.717) is 18.0 Å². The van der Waals surface area contributed by atoms with E-state index in [2.05, 4.69) is 33.7 Å². The zero-order valence-corrected chi connectivity index (χ0v) is 10.3. The number of hydrogen-bond donors (Lipinski definition) is 1. The highest BCUT2D eigenvalue weighted by molar-refractivity contribution is 5.81. The minimum absolute atomic E-state index is 0.449. The second kappa shape index (κ2) is 4.53. The fourth-order valence-electron chi connectivity index (χ4n) is 2.01. The molecule has 1 aromatic carbocycles. The van der Waals surface area contributed by atoms with Gasteiger partial charge in [-0.2, -0.15) is 0 Å². The summed E-state index contributed by atoms with van der Waals surface area (Å²) in [6, 6.07) is 8.17. The molecule has 0 atom stereocenters. The van der Waals surface area contributed by atoms with Crippen molar-refractivity contribution in [1.29, 1.82) is 0 Å². The minimum Gasteiger partial charge on any atom is -0.382 e. The largest absolute Gasteiger partial charge is 0.382 e. The molecule has 0 saturated heterocycles. The van der Waals surface area contributed by atoms with Gasteiger partial charge in [0.05, 0.1) is 6.33 Å². The molecule has 0 aliphatic rings. The number of nitrogens with zero attached hydrogens (tertiary/aromatic N) is 4. The lowest BCUT2D eigenvalue weighted by Crippen LogP contribution is -2.02. The summed E-state index contributed by atoms with van der Waals surface area (Å²) < 4.78 is 1.95. The molecule has 94 valence electrons. The molecule has 2 N–H and O–H groups in total. The van der Waals surface area contributed by atoms with Crippen molar-refractivity contribution in [2.24, 2.45) is 0 Å². The predicted molar refractivity (Wildman–Crippen MR) is 75.4 cm³/mol. The number of nitrogens with two attached hydrogens (primary N) is 1. The summed E-state index contributed by atoms with van der Waals surface area (Å²) in [6.45, 7) is 4.43. The molecule has 5 heteroatoms. The molecule has 3 aromatic rings. The molecule has 19 heavy (non-hydrogen) atoms. The Bertz CT molecular complexity index is 727. The van der Waals surface area contributed by atoms with Crippen LogP contribution in [0.1, 0.15) is 11.1 Å². The van der Waals surface area contributed by atoms with Crippen LogP contribution in [0.25, 0.3) is 17.2 Å². The Morgan fingerprint density at radius 3 is 2.68 bits per heavy atom. The van der Waals surface area contributed by atoms with Crippen LogP contribution in [0.4, 0.5) is 5.82 Å². The first-order valence-corrected chi connectivity index (χ1v) is 5.90. The molecule has 0 aliphatic heterocycles. The summed E-state index contributed by atoms with van der Waals surface area (Å²) in [7, 11) is 0. The second-order valence-electron chi connectivity index (χ2n) is 4.25. The van der Waals surface area contributed by atoms with Gasteiger partial charge in [-0.25, -0.2) is 15.0 Å². The number of rotatable bonds is 3. The van der Waals surface area contributed by atoms with Gasteiger partial charge in [0.1, 0.15) is 11.8 Å². The van der Waals surface area contributed by atoms with Crippen molar-refractivity contribution in [3.05, 3.63) is 54.6 Å². The fraction of sp³-hybridized carbons (Fsp3) is 0.0714. The van der Waals surface area contributed by atoms with Gasteiger partial charge in [0.15, 0.2) is 11.5 Å². The van der Waals surface area contributed by atoms with Gasteiger partial charge in [0, 0.05) is 6.54 Å². The van der Waals surface area contributed by atoms with E-state index in [1.807, 2.05) is 22.8 Å². The summed E-state index contributed by atoms with van der Waals surface area (Å²) in [5.74, 6) is 0.449. The maximum atomic E-state index is 5.88. The smallest absolute Gasteiger partial charge is 0.182 e. The Morgan fingerprint density at radius 1 is 1.16 bits per heavy atom. The van der Waals surface area contributed by atoms with Crippen LogP contribution in [-0.4, -0.2) is 19.5 Å². The molecule has 0 spiro atoms. The van der Waals surface area contributed by atoms with Crippen LogP contribution >= 0.6 is 0 Å². The zero-order valence-electron chi connectivity index (χ0n) is 10.3. The number of aromatic nitrogens is 4. The lowest BCUT2D eigenvalue weighted by atomic mass is 10.1. The maximum absolute atomic E-state index is 5.88. The average molecular weight is 251 g/mol. The van der Waals surface area contributed by atoms with Crippen LogP contribution in [-0.2, 0) is 6.54 Å². The van der Waals surface area contributed by atoms with E-state index in [0.717, 1.165) is 16.6 Å². The van der Waals surface area contributed by atoms with Gasteiger partial charge in [-0.3, -0.25) is 0 Å². The summed E-state index contributed by atoms with van der Waals surface area (Å²) in [5, 5.41) is 0. The Kier molecular flexibility index (Phi) is 2.72. The fourth-order valence-corrected chi connectivity index (χ4v) is 2.01. The quantitative estimate of drug-likeness (QED) is 0.774. The van der Waals surface area contributed by atoms with Crippen molar-refractivity contribution in [3.8, 4) is 0 Å². The van der Waals surface area contributed by atoms with Crippen LogP contribution in [0.15, 0.2) is 43.5 Å². The van der Waals surface area contributed by atoms with Gasteiger partial charge in [0.2, 0.25) is 0 Å². The third-order valence-electron chi connectivity index (χ3n) is 3.01. The topological polar surface area (TPSA) is 69.6 Å². The van der Waals surface area contributed by atoms with Gasteiger partial charge in [0.25, 0.3) is 0 Å². The number of nitrogen functional groups attached to an aromatic ring is 1. The summed E-state index contributed by atoms with van der Waals surface area (Å²) in [4.78, 5) is 12.3. The van der Waals surface area contributed by atoms with E-state index in [9.17, 15) is 0 Å². The molecular weight excluding hydrogens is 238 g/mol. The lowest BCUT2D eigenvalue weighted by molar-refractivity contribution is 0.824. The van der Waals surface area contributed by atoms with Gasteiger partial charge in [-0.05, 0) is 11.1 Å². The van der Waals surface area contributed by atoms with Gasteiger partial charge < -0.3 is 10.3 Å². The van der Waals surface area contributed by atoms with Crippen molar-refractivity contribution >= 4 is 23.1 Å². The van der Waals surface area contributed by atoms with Crippen LogP contribution < -0.4 is 5.73 Å². The van der Waals surface area contributed by atoms with Crippen molar-refractivity contribution in [2.75, 3.05) is 5.73 Å². The monoisotopic (exact) mass is 251 g/mol. The van der Waals surface area contributed by atoms with E-state index in [1.165, 1.54) is 6.33 Å². The van der Waals surface area contributed by atoms with Gasteiger partial charge >= 0.3 is 0 Å². The first kappa shape index (κ1) is 11.4. The van der Waals surface area contributed by atoms with E-state index < -0.39 is 0 Å². The third kappa shape index (κ3) is 2.06. The Morgan fingerprint density at radius 2 is 1.95 bits per heavy atom. The SMILES string of the molecule is C=Cc1ccc(Cn2cnc3ncnc(N)c32)cc1. The van der Waals surface area contributed by atoms with E-state index in [4.69, 9.17) is 5.73 Å². The molecule has 5 nitrogen and oxygen atoms in total. The highest BCUT2D eigenvalue weighted by Gasteiger charge is 2.08. The summed E-state index contributed by atoms with van der Waals surface area (Å²) in [6.07, 6.45) is 4.98. The van der Waals surface area contributed by atoms with E-state index in [1.54, 1.807) is 6.33 Å². The Hall–Kier alpha value is -2.69. The van der Waals surface area contributed by atoms with Crippen LogP contribution in [0.2, 0.25) is 0 Å². The molecule has 0 aliphatic carbocycles. The molecule has 3 rings (SSSR count). The van der Waals surface area contributed by atoms with Crippen LogP contribution in [0.3, 0.4) is 0 Å². The summed E-state index contributed by atoms with van der Waals surface area (Å²) in [5.41, 5.74) is 9.53. The molecule has 0 radical (unpaired) electrons. The first-order valence-electron chi connectivity index (χ1n) is 5.90. The zero-order chi connectivity index (χ0) is 13.2. The van der Waals surface area contributed by atoms with Gasteiger partial charge in [-0.1, -0.05) is 36.9 Å². The van der Waals surface area contributed by atoms with Crippen molar-refractivity contribution in [1.82, 2.24) is 19.5 Å². The minimum atomic E-state index is 0.449. The molecular formula is C14H13N5. The second-order valence-corrected chi connectivity index (χ2v) is 4.25. The Labute approximate surface area is 110 Å². The average Bonchev–Trinajstić information content (AvgIpc) is 2.84. The standard InChI is InChI=1S/C14H13N5/c1-2-10-3-5-11(6-4-10)7-19-9-18-14-12(19)13(15)16-8-17-14/h2-6,8-9H,1,7H2,(H2,15,16,17). The molecule has 2 aromatic heterocycles. The molecule has 0 amide bonds. The lowest BCUT2D eigenvalue weighted by Gasteiger charge is -2.05. The number of imidazole rings is 1.